The van der Waals surface area contributed by atoms with Crippen molar-refractivity contribution in [2.75, 3.05) is 44.8 Å². The highest BCUT2D eigenvalue weighted by atomic mass is 127. The highest BCUT2D eigenvalue weighted by Gasteiger charge is 2.44. The molecule has 4 rings (SSSR count). The molecule has 0 aromatic heterocycles. The van der Waals surface area contributed by atoms with Crippen LogP contribution in [0.1, 0.15) is 24.0 Å². The van der Waals surface area contributed by atoms with Crippen LogP contribution in [0.5, 0.6) is 0 Å². The standard InChI is InChI=1S/C23H29FN4O.HI/c1-25-22(27-17-23(9-10-23)19-6-4-7-20(24)15-19)26-16-18-5-2-3-8-21(18)28-11-13-29-14-12-28;/h2-8,15H,9-14,16-17H2,1H3,(H2,25,26,27);1H. The molecule has 0 radical (unpaired) electrons. The number of ether oxygens (including phenoxy) is 1. The van der Waals surface area contributed by atoms with E-state index in [0.29, 0.717) is 6.54 Å². The number of hydrogen-bond donors (Lipinski definition) is 2. The SMILES string of the molecule is CN=C(NCc1ccccc1N1CCOCC1)NCC1(c2cccc(F)c2)CC1.I. The zero-order valence-electron chi connectivity index (χ0n) is 17.4. The minimum Gasteiger partial charge on any atom is -0.378 e. The first-order valence-corrected chi connectivity index (χ1v) is 10.3. The van der Waals surface area contributed by atoms with Crippen LogP contribution in [0, 0.1) is 5.82 Å². The van der Waals surface area contributed by atoms with Crippen molar-refractivity contribution >= 4 is 35.6 Å². The van der Waals surface area contributed by atoms with Gasteiger partial charge in [-0.15, -0.1) is 24.0 Å². The minimum atomic E-state index is -0.170. The van der Waals surface area contributed by atoms with Crippen LogP contribution in [-0.2, 0) is 16.7 Å². The smallest absolute Gasteiger partial charge is 0.191 e. The number of aliphatic imine (C=N–C) groups is 1. The van der Waals surface area contributed by atoms with Crippen molar-refractivity contribution in [1.29, 1.82) is 0 Å². The summed E-state index contributed by atoms with van der Waals surface area (Å²) >= 11 is 0. The molecule has 0 unspecified atom stereocenters. The Morgan fingerprint density at radius 3 is 2.57 bits per heavy atom. The highest BCUT2D eigenvalue weighted by Crippen LogP contribution is 2.47. The van der Waals surface area contributed by atoms with E-state index in [1.807, 2.05) is 6.07 Å². The van der Waals surface area contributed by atoms with Crippen LogP contribution in [0.25, 0.3) is 0 Å². The molecule has 5 nitrogen and oxygen atoms in total. The van der Waals surface area contributed by atoms with Gasteiger partial charge in [-0.2, -0.15) is 0 Å². The Bertz CT molecular complexity index is 866. The Hall–Kier alpha value is -1.87. The second kappa shape index (κ2) is 10.4. The van der Waals surface area contributed by atoms with E-state index in [-0.39, 0.29) is 35.2 Å². The molecular weight excluding hydrogens is 494 g/mol. The van der Waals surface area contributed by atoms with Crippen LogP contribution in [-0.4, -0.2) is 45.9 Å². The summed E-state index contributed by atoms with van der Waals surface area (Å²) in [5.74, 6) is 0.598. The average molecular weight is 524 g/mol. The Kier molecular flexibility index (Phi) is 7.93. The summed E-state index contributed by atoms with van der Waals surface area (Å²) in [6.45, 7) is 4.82. The summed E-state index contributed by atoms with van der Waals surface area (Å²) in [6, 6.07) is 15.4. The Morgan fingerprint density at radius 1 is 1.10 bits per heavy atom. The molecule has 1 saturated carbocycles. The monoisotopic (exact) mass is 524 g/mol. The van der Waals surface area contributed by atoms with E-state index in [2.05, 4.69) is 44.8 Å². The normalized spacial score (nSPS) is 17.8. The summed E-state index contributed by atoms with van der Waals surface area (Å²) in [7, 11) is 1.78. The number of guanidine groups is 1. The van der Waals surface area contributed by atoms with E-state index in [9.17, 15) is 4.39 Å². The molecule has 7 heteroatoms. The molecule has 2 aliphatic rings. The quantitative estimate of drug-likeness (QED) is 0.344. The van der Waals surface area contributed by atoms with Gasteiger partial charge in [-0.3, -0.25) is 4.99 Å². The van der Waals surface area contributed by atoms with Crippen molar-refractivity contribution < 1.29 is 9.13 Å². The van der Waals surface area contributed by atoms with E-state index in [1.165, 1.54) is 17.3 Å². The maximum absolute atomic E-state index is 13.6. The second-order valence-electron chi connectivity index (χ2n) is 7.80. The predicted molar refractivity (Wildman–Crippen MR) is 130 cm³/mol. The summed E-state index contributed by atoms with van der Waals surface area (Å²) < 4.78 is 19.1. The molecule has 1 aliphatic carbocycles. The molecule has 0 spiro atoms. The molecule has 2 aromatic carbocycles. The predicted octanol–water partition coefficient (Wildman–Crippen LogP) is 3.68. The number of para-hydroxylation sites is 1. The fourth-order valence-corrected chi connectivity index (χ4v) is 3.96. The first kappa shape index (κ1) is 22.8. The third kappa shape index (κ3) is 5.43. The number of nitrogens with zero attached hydrogens (tertiary/aromatic N) is 2. The van der Waals surface area contributed by atoms with Gasteiger partial charge in [0.15, 0.2) is 5.96 Å². The number of benzene rings is 2. The van der Waals surface area contributed by atoms with Gasteiger partial charge >= 0.3 is 0 Å². The zero-order chi connectivity index (χ0) is 20.1. The fourth-order valence-electron chi connectivity index (χ4n) is 3.96. The van der Waals surface area contributed by atoms with Gasteiger partial charge in [0.25, 0.3) is 0 Å². The van der Waals surface area contributed by atoms with E-state index in [0.717, 1.165) is 57.2 Å². The minimum absolute atomic E-state index is 0. The molecule has 30 heavy (non-hydrogen) atoms. The number of morpholine rings is 1. The van der Waals surface area contributed by atoms with Crippen molar-refractivity contribution in [3.05, 3.63) is 65.5 Å². The van der Waals surface area contributed by atoms with Gasteiger partial charge in [-0.1, -0.05) is 30.3 Å². The lowest BCUT2D eigenvalue weighted by atomic mass is 9.96. The summed E-state index contributed by atoms with van der Waals surface area (Å²) in [4.78, 5) is 6.75. The molecule has 1 saturated heterocycles. The van der Waals surface area contributed by atoms with Crippen LogP contribution in [0.4, 0.5) is 10.1 Å². The van der Waals surface area contributed by atoms with Gasteiger partial charge in [0, 0.05) is 44.3 Å². The maximum atomic E-state index is 13.6. The Morgan fingerprint density at radius 2 is 1.87 bits per heavy atom. The van der Waals surface area contributed by atoms with Crippen molar-refractivity contribution in [3.8, 4) is 0 Å². The maximum Gasteiger partial charge on any atom is 0.191 e. The summed E-state index contributed by atoms with van der Waals surface area (Å²) in [5, 5.41) is 6.88. The van der Waals surface area contributed by atoms with Gasteiger partial charge in [0.1, 0.15) is 5.82 Å². The number of anilines is 1. The van der Waals surface area contributed by atoms with Gasteiger partial charge in [0.05, 0.1) is 13.2 Å². The topological polar surface area (TPSA) is 48.9 Å². The first-order valence-electron chi connectivity index (χ1n) is 10.3. The second-order valence-corrected chi connectivity index (χ2v) is 7.80. The third-order valence-corrected chi connectivity index (χ3v) is 5.90. The zero-order valence-corrected chi connectivity index (χ0v) is 19.7. The van der Waals surface area contributed by atoms with Crippen molar-refractivity contribution in [2.24, 2.45) is 4.99 Å². The first-order chi connectivity index (χ1) is 14.2. The molecule has 2 N–H and O–H groups in total. The van der Waals surface area contributed by atoms with E-state index >= 15 is 0 Å². The van der Waals surface area contributed by atoms with Crippen molar-refractivity contribution in [3.63, 3.8) is 0 Å². The average Bonchev–Trinajstić information content (AvgIpc) is 3.56. The molecule has 1 aliphatic heterocycles. The van der Waals surface area contributed by atoms with Crippen LogP contribution < -0.4 is 15.5 Å². The Labute approximate surface area is 195 Å². The molecule has 0 bridgehead atoms. The molecule has 162 valence electrons. The largest absolute Gasteiger partial charge is 0.378 e. The van der Waals surface area contributed by atoms with Crippen molar-refractivity contribution in [1.82, 2.24) is 10.6 Å². The summed E-state index contributed by atoms with van der Waals surface area (Å²) in [6.07, 6.45) is 2.14. The van der Waals surface area contributed by atoms with Crippen LogP contribution >= 0.6 is 24.0 Å². The lowest BCUT2D eigenvalue weighted by molar-refractivity contribution is 0.122. The third-order valence-electron chi connectivity index (χ3n) is 5.90. The molecule has 1 heterocycles. The number of nitrogens with one attached hydrogen (secondary N) is 2. The molecule has 0 amide bonds. The fraction of sp³-hybridized carbons (Fsp3) is 0.435. The molecular formula is C23H30FIN4O. The Balaban J connectivity index is 0.00000256. The van der Waals surface area contributed by atoms with Gasteiger partial charge in [0.2, 0.25) is 0 Å². The van der Waals surface area contributed by atoms with Gasteiger partial charge in [-0.25, -0.2) is 4.39 Å². The summed E-state index contributed by atoms with van der Waals surface area (Å²) in [5.41, 5.74) is 3.57. The van der Waals surface area contributed by atoms with E-state index < -0.39 is 0 Å². The lowest BCUT2D eigenvalue weighted by Gasteiger charge is -2.30. The number of rotatable bonds is 6. The van der Waals surface area contributed by atoms with Crippen LogP contribution in [0.15, 0.2) is 53.5 Å². The number of hydrogen-bond acceptors (Lipinski definition) is 3. The van der Waals surface area contributed by atoms with Crippen molar-refractivity contribution in [2.45, 2.75) is 24.8 Å². The van der Waals surface area contributed by atoms with Crippen LogP contribution in [0.2, 0.25) is 0 Å². The molecule has 2 fully saturated rings. The number of halogens is 2. The van der Waals surface area contributed by atoms with Gasteiger partial charge < -0.3 is 20.3 Å². The van der Waals surface area contributed by atoms with E-state index in [1.54, 1.807) is 19.2 Å². The van der Waals surface area contributed by atoms with Crippen LogP contribution in [0.3, 0.4) is 0 Å². The highest BCUT2D eigenvalue weighted by molar-refractivity contribution is 14.0. The van der Waals surface area contributed by atoms with Gasteiger partial charge in [-0.05, 0) is 42.2 Å². The van der Waals surface area contributed by atoms with E-state index in [4.69, 9.17) is 4.74 Å². The molecule has 0 atom stereocenters. The molecule has 2 aromatic rings. The lowest BCUT2D eigenvalue weighted by Crippen LogP contribution is -2.41.